The second-order valence-electron chi connectivity index (χ2n) is 6.35. The molecule has 0 aliphatic carbocycles. The number of rotatable bonds is 5. The molecule has 0 radical (unpaired) electrons. The normalized spacial score (nSPS) is 16.3. The Kier molecular flexibility index (Phi) is 5.49. The van der Waals surface area contributed by atoms with Crippen LogP contribution in [0.25, 0.3) is 0 Å². The molecule has 1 aliphatic rings. The van der Waals surface area contributed by atoms with E-state index in [-0.39, 0.29) is 30.1 Å². The Bertz CT molecular complexity index is 867. The highest BCUT2D eigenvalue weighted by Crippen LogP contribution is 2.16. The number of hydrogen-bond acceptors (Lipinski definition) is 4. The van der Waals surface area contributed by atoms with Gasteiger partial charge in [-0.15, -0.1) is 0 Å². The van der Waals surface area contributed by atoms with E-state index in [1.165, 1.54) is 43.5 Å². The predicted octanol–water partition coefficient (Wildman–Crippen LogP) is 2.14. The number of nitrogens with zero attached hydrogens (tertiary/aromatic N) is 1. The van der Waals surface area contributed by atoms with Crippen LogP contribution in [0.4, 0.5) is 4.39 Å². The minimum atomic E-state index is -0.476. The SMILES string of the molecule is COC(=O)c1ccc(C(=O)N[C@@H]2CC(=O)N(Cc3cccc(F)c3)C2)cc1. The van der Waals surface area contributed by atoms with Crippen LogP contribution < -0.4 is 5.32 Å². The van der Waals surface area contributed by atoms with E-state index in [4.69, 9.17) is 0 Å². The second-order valence-corrected chi connectivity index (χ2v) is 6.35. The topological polar surface area (TPSA) is 75.7 Å². The maximum absolute atomic E-state index is 13.3. The standard InChI is InChI=1S/C20H19FN2O4/c1-27-20(26)15-7-5-14(6-8-15)19(25)22-17-10-18(24)23(12-17)11-13-3-2-4-16(21)9-13/h2-9,17H,10-12H2,1H3,(H,22,25)/t17-/m1/s1. The number of nitrogens with one attached hydrogen (secondary N) is 1. The predicted molar refractivity (Wildman–Crippen MR) is 95.5 cm³/mol. The number of benzene rings is 2. The van der Waals surface area contributed by atoms with Gasteiger partial charge in [0.2, 0.25) is 5.91 Å². The van der Waals surface area contributed by atoms with Gasteiger partial charge in [-0.2, -0.15) is 0 Å². The minimum absolute atomic E-state index is 0.0920. The van der Waals surface area contributed by atoms with Crippen LogP contribution in [-0.2, 0) is 16.1 Å². The maximum Gasteiger partial charge on any atom is 0.337 e. The van der Waals surface area contributed by atoms with Crippen LogP contribution in [0.15, 0.2) is 48.5 Å². The molecule has 140 valence electrons. The van der Waals surface area contributed by atoms with E-state index in [2.05, 4.69) is 10.1 Å². The summed E-state index contributed by atoms with van der Waals surface area (Å²) in [7, 11) is 1.29. The van der Waals surface area contributed by atoms with Crippen LogP contribution in [0.2, 0.25) is 0 Å². The number of ether oxygens (including phenoxy) is 1. The summed E-state index contributed by atoms with van der Waals surface area (Å²) in [6.07, 6.45) is 0.196. The largest absolute Gasteiger partial charge is 0.465 e. The maximum atomic E-state index is 13.3. The summed E-state index contributed by atoms with van der Waals surface area (Å²) in [6.45, 7) is 0.665. The van der Waals surface area contributed by atoms with Crippen LogP contribution >= 0.6 is 0 Å². The van der Waals surface area contributed by atoms with Crippen LogP contribution in [0.5, 0.6) is 0 Å². The molecule has 1 heterocycles. The highest BCUT2D eigenvalue weighted by molar-refractivity contribution is 5.96. The minimum Gasteiger partial charge on any atom is -0.465 e. The van der Waals surface area contributed by atoms with E-state index in [0.29, 0.717) is 29.8 Å². The second kappa shape index (κ2) is 7.99. The molecule has 27 heavy (non-hydrogen) atoms. The van der Waals surface area contributed by atoms with E-state index in [1.807, 2.05) is 0 Å². The van der Waals surface area contributed by atoms with E-state index < -0.39 is 5.97 Å². The molecule has 7 heteroatoms. The van der Waals surface area contributed by atoms with Gasteiger partial charge >= 0.3 is 5.97 Å². The molecule has 1 fully saturated rings. The van der Waals surface area contributed by atoms with Gasteiger partial charge in [0, 0.05) is 25.1 Å². The molecular weight excluding hydrogens is 351 g/mol. The van der Waals surface area contributed by atoms with Gasteiger partial charge < -0.3 is 15.0 Å². The zero-order valence-electron chi connectivity index (χ0n) is 14.8. The smallest absolute Gasteiger partial charge is 0.337 e. The van der Waals surface area contributed by atoms with Gasteiger partial charge in [-0.25, -0.2) is 9.18 Å². The quantitative estimate of drug-likeness (QED) is 0.819. The first kappa shape index (κ1) is 18.6. The molecule has 0 spiro atoms. The van der Waals surface area contributed by atoms with E-state index in [1.54, 1.807) is 17.0 Å². The Balaban J connectivity index is 1.59. The zero-order chi connectivity index (χ0) is 19.4. The third-order valence-electron chi connectivity index (χ3n) is 4.38. The van der Waals surface area contributed by atoms with Crippen LogP contribution in [0, 0.1) is 5.82 Å². The van der Waals surface area contributed by atoms with Gasteiger partial charge in [0.15, 0.2) is 0 Å². The highest BCUT2D eigenvalue weighted by Gasteiger charge is 2.30. The van der Waals surface area contributed by atoms with E-state index in [9.17, 15) is 18.8 Å². The van der Waals surface area contributed by atoms with Gasteiger partial charge in [0.1, 0.15) is 5.82 Å². The number of esters is 1. The third kappa shape index (κ3) is 4.49. The lowest BCUT2D eigenvalue weighted by Crippen LogP contribution is -2.37. The average Bonchev–Trinajstić information content (AvgIpc) is 3.00. The van der Waals surface area contributed by atoms with Crippen molar-refractivity contribution >= 4 is 17.8 Å². The Morgan fingerprint density at radius 3 is 2.56 bits per heavy atom. The van der Waals surface area contributed by atoms with Crippen molar-refractivity contribution in [2.75, 3.05) is 13.7 Å². The number of halogens is 1. The fraction of sp³-hybridized carbons (Fsp3) is 0.250. The summed E-state index contributed by atoms with van der Waals surface area (Å²) in [4.78, 5) is 37.6. The van der Waals surface area contributed by atoms with Crippen molar-refractivity contribution in [3.8, 4) is 0 Å². The monoisotopic (exact) mass is 370 g/mol. The molecule has 0 saturated carbocycles. The van der Waals surface area contributed by atoms with E-state index in [0.717, 1.165) is 0 Å². The van der Waals surface area contributed by atoms with Crippen molar-refractivity contribution in [2.45, 2.75) is 19.0 Å². The summed E-state index contributed by atoms with van der Waals surface area (Å²) in [5, 5.41) is 2.82. The number of carbonyl (C=O) groups is 3. The number of likely N-dealkylation sites (tertiary alicyclic amines) is 1. The molecule has 3 rings (SSSR count). The number of hydrogen-bond donors (Lipinski definition) is 1. The number of amides is 2. The Morgan fingerprint density at radius 1 is 1.19 bits per heavy atom. The van der Waals surface area contributed by atoms with Crippen molar-refractivity contribution in [3.05, 3.63) is 71.0 Å². The lowest BCUT2D eigenvalue weighted by Gasteiger charge is -2.17. The first-order valence-electron chi connectivity index (χ1n) is 8.47. The van der Waals surface area contributed by atoms with Crippen molar-refractivity contribution in [1.82, 2.24) is 10.2 Å². The molecular formula is C20H19FN2O4. The fourth-order valence-corrected chi connectivity index (χ4v) is 3.02. The third-order valence-corrected chi connectivity index (χ3v) is 4.38. The average molecular weight is 370 g/mol. The summed E-state index contributed by atoms with van der Waals surface area (Å²) in [5.74, 6) is -1.24. The Hall–Kier alpha value is -3.22. The molecule has 0 aromatic heterocycles. The zero-order valence-corrected chi connectivity index (χ0v) is 14.8. The molecule has 1 saturated heterocycles. The van der Waals surface area contributed by atoms with Crippen LogP contribution in [0.1, 0.15) is 32.7 Å². The summed E-state index contributed by atoms with van der Waals surface area (Å²) >= 11 is 0. The van der Waals surface area contributed by atoms with Gasteiger partial charge in [-0.1, -0.05) is 12.1 Å². The molecule has 1 N–H and O–H groups in total. The van der Waals surface area contributed by atoms with Gasteiger partial charge in [0.05, 0.1) is 18.7 Å². The lowest BCUT2D eigenvalue weighted by atomic mass is 10.1. The molecule has 2 aromatic carbocycles. The van der Waals surface area contributed by atoms with Crippen molar-refractivity contribution in [1.29, 1.82) is 0 Å². The van der Waals surface area contributed by atoms with Crippen LogP contribution in [0.3, 0.4) is 0 Å². The summed E-state index contributed by atoms with van der Waals surface area (Å²) < 4.78 is 17.9. The van der Waals surface area contributed by atoms with Gasteiger partial charge in [0.25, 0.3) is 5.91 Å². The summed E-state index contributed by atoms with van der Waals surface area (Å²) in [6, 6.07) is 11.9. The number of methoxy groups -OCH3 is 1. The fourth-order valence-electron chi connectivity index (χ4n) is 3.02. The lowest BCUT2D eigenvalue weighted by molar-refractivity contribution is -0.128. The van der Waals surface area contributed by atoms with Gasteiger partial charge in [-0.05, 0) is 42.0 Å². The molecule has 0 unspecified atom stereocenters. The first-order chi connectivity index (χ1) is 13.0. The first-order valence-corrected chi connectivity index (χ1v) is 8.47. The van der Waals surface area contributed by atoms with Gasteiger partial charge in [-0.3, -0.25) is 9.59 Å². The Labute approximate surface area is 155 Å². The highest BCUT2D eigenvalue weighted by atomic mass is 19.1. The molecule has 0 bridgehead atoms. The van der Waals surface area contributed by atoms with Crippen molar-refractivity contribution in [2.24, 2.45) is 0 Å². The molecule has 6 nitrogen and oxygen atoms in total. The molecule has 2 aromatic rings. The number of carbonyl (C=O) groups excluding carboxylic acids is 3. The molecule has 1 atom stereocenters. The molecule has 2 amide bonds. The Morgan fingerprint density at radius 2 is 1.89 bits per heavy atom. The van der Waals surface area contributed by atoms with E-state index >= 15 is 0 Å². The summed E-state index contributed by atoms with van der Waals surface area (Å²) in [5.41, 5.74) is 1.44. The van der Waals surface area contributed by atoms with Crippen LogP contribution in [-0.4, -0.2) is 42.4 Å². The van der Waals surface area contributed by atoms with Crippen molar-refractivity contribution in [3.63, 3.8) is 0 Å². The molecule has 1 aliphatic heterocycles. The van der Waals surface area contributed by atoms with Crippen molar-refractivity contribution < 1.29 is 23.5 Å².